The molecule has 1 saturated carbocycles. The third-order valence-corrected chi connectivity index (χ3v) is 6.21. The number of nitrogens with one attached hydrogen (secondary N) is 1. The minimum atomic E-state index is -4.37. The number of aromatic nitrogens is 1. The Bertz CT molecular complexity index is 981. The van der Waals surface area contributed by atoms with E-state index in [-0.39, 0.29) is 29.3 Å². The lowest BCUT2D eigenvalue weighted by Gasteiger charge is -2.22. The molecule has 164 valence electrons. The molecule has 1 saturated heterocycles. The number of hydrogen-bond donors (Lipinski definition) is 1. The molecule has 6 nitrogen and oxygen atoms in total. The first-order valence-corrected chi connectivity index (χ1v) is 10.0. The van der Waals surface area contributed by atoms with Crippen molar-refractivity contribution in [2.75, 3.05) is 25.5 Å². The number of halogens is 3. The van der Waals surface area contributed by atoms with Crippen LogP contribution in [0.15, 0.2) is 42.7 Å². The van der Waals surface area contributed by atoms with Gasteiger partial charge in [0.1, 0.15) is 5.56 Å². The van der Waals surface area contributed by atoms with Crippen LogP contribution in [0.3, 0.4) is 0 Å². The lowest BCUT2D eigenvalue weighted by Crippen LogP contribution is -2.34. The molecule has 4 rings (SSSR count). The van der Waals surface area contributed by atoms with Crippen LogP contribution in [0.5, 0.6) is 0 Å². The van der Waals surface area contributed by atoms with E-state index in [1.165, 1.54) is 31.6 Å². The minimum Gasteiger partial charge on any atom is -0.465 e. The predicted octanol–water partition coefficient (Wildman–Crippen LogP) is 4.54. The molecule has 2 heterocycles. The number of carbonyl (C=O) groups excluding carboxylic acids is 2. The third-order valence-electron chi connectivity index (χ3n) is 6.21. The number of rotatable bonds is 3. The van der Waals surface area contributed by atoms with E-state index < -0.39 is 17.7 Å². The summed E-state index contributed by atoms with van der Waals surface area (Å²) >= 11 is 0. The van der Waals surface area contributed by atoms with Crippen LogP contribution in [-0.4, -0.2) is 42.1 Å². The van der Waals surface area contributed by atoms with Crippen LogP contribution in [0.2, 0.25) is 0 Å². The summed E-state index contributed by atoms with van der Waals surface area (Å²) in [7, 11) is 1.25. The van der Waals surface area contributed by atoms with E-state index >= 15 is 0 Å². The molecule has 2 fully saturated rings. The average molecular weight is 433 g/mol. The van der Waals surface area contributed by atoms with Gasteiger partial charge < -0.3 is 15.0 Å². The van der Waals surface area contributed by atoms with Crippen LogP contribution < -0.4 is 5.32 Å². The Labute approximate surface area is 177 Å². The summed E-state index contributed by atoms with van der Waals surface area (Å²) in [5.74, 6) is -0.471. The summed E-state index contributed by atoms with van der Waals surface area (Å²) in [6.45, 7) is 0.944. The predicted molar refractivity (Wildman–Crippen MR) is 107 cm³/mol. The molecule has 2 aliphatic rings. The van der Waals surface area contributed by atoms with Crippen molar-refractivity contribution in [3.05, 3.63) is 59.4 Å². The van der Waals surface area contributed by atoms with Gasteiger partial charge in [-0.15, -0.1) is 0 Å². The van der Waals surface area contributed by atoms with Gasteiger partial charge in [0, 0.05) is 25.5 Å². The second kappa shape index (κ2) is 8.20. The van der Waals surface area contributed by atoms with Crippen molar-refractivity contribution in [1.29, 1.82) is 0 Å². The summed E-state index contributed by atoms with van der Waals surface area (Å²) in [5, 5.41) is 2.73. The van der Waals surface area contributed by atoms with Crippen molar-refractivity contribution in [2.24, 2.45) is 11.8 Å². The first-order valence-electron chi connectivity index (χ1n) is 10.0. The molecule has 9 heteroatoms. The van der Waals surface area contributed by atoms with Gasteiger partial charge in [-0.3, -0.25) is 4.98 Å². The van der Waals surface area contributed by atoms with Crippen molar-refractivity contribution < 1.29 is 27.5 Å². The van der Waals surface area contributed by atoms with E-state index in [0.29, 0.717) is 37.2 Å². The molecule has 31 heavy (non-hydrogen) atoms. The number of anilines is 1. The van der Waals surface area contributed by atoms with Gasteiger partial charge in [-0.2, -0.15) is 13.2 Å². The molecule has 0 bridgehead atoms. The minimum absolute atomic E-state index is 0.148. The van der Waals surface area contributed by atoms with E-state index in [2.05, 4.69) is 10.3 Å². The molecule has 1 aliphatic carbocycles. The highest BCUT2D eigenvalue weighted by Gasteiger charge is 2.45. The van der Waals surface area contributed by atoms with E-state index in [0.717, 1.165) is 6.07 Å². The summed E-state index contributed by atoms with van der Waals surface area (Å²) in [6.07, 6.45) is -0.358. The van der Waals surface area contributed by atoms with Crippen molar-refractivity contribution in [2.45, 2.75) is 24.9 Å². The first-order chi connectivity index (χ1) is 14.8. The van der Waals surface area contributed by atoms with Gasteiger partial charge >= 0.3 is 18.2 Å². The zero-order valence-corrected chi connectivity index (χ0v) is 16.9. The quantitative estimate of drug-likeness (QED) is 0.722. The highest BCUT2D eigenvalue weighted by atomic mass is 19.4. The van der Waals surface area contributed by atoms with E-state index in [1.807, 2.05) is 0 Å². The summed E-state index contributed by atoms with van der Waals surface area (Å²) in [5.41, 5.74) is 0.241. The van der Waals surface area contributed by atoms with Crippen molar-refractivity contribution in [3.63, 3.8) is 0 Å². The smallest absolute Gasteiger partial charge is 0.416 e. The number of amides is 2. The number of fused-ring (bicyclic) bond motifs is 1. The normalized spacial score (nSPS) is 22.8. The Morgan fingerprint density at radius 2 is 1.81 bits per heavy atom. The fraction of sp³-hybridized carbons (Fsp3) is 0.409. The standard InChI is InChI=1S/C22H22F3N3O3/c1-31-20(29)17-10-26-7-6-19(17)27-21(30)28-11-14-8-13(9-15(14)12-28)16-4-2-3-5-18(16)22(23,24)25/h2-7,10,13-15H,8-9,11-12H2,1H3,(H,26,27,30)/t13?,14-,15+. The zero-order chi connectivity index (χ0) is 22.2. The molecule has 1 unspecified atom stereocenters. The molecular weight excluding hydrogens is 411 g/mol. The maximum absolute atomic E-state index is 13.4. The number of pyridine rings is 1. The molecule has 1 aliphatic heterocycles. The summed E-state index contributed by atoms with van der Waals surface area (Å²) < 4.78 is 44.9. The van der Waals surface area contributed by atoms with Crippen molar-refractivity contribution in [1.82, 2.24) is 9.88 Å². The number of methoxy groups -OCH3 is 1. The van der Waals surface area contributed by atoms with Gasteiger partial charge in [-0.05, 0) is 48.3 Å². The van der Waals surface area contributed by atoms with E-state index in [9.17, 15) is 22.8 Å². The van der Waals surface area contributed by atoms with Crippen LogP contribution in [0, 0.1) is 11.8 Å². The number of likely N-dealkylation sites (tertiary alicyclic amines) is 1. The van der Waals surface area contributed by atoms with Gasteiger partial charge in [0.15, 0.2) is 0 Å². The topological polar surface area (TPSA) is 71.5 Å². The van der Waals surface area contributed by atoms with Crippen molar-refractivity contribution in [3.8, 4) is 0 Å². The Morgan fingerprint density at radius 3 is 2.45 bits per heavy atom. The number of alkyl halides is 3. The van der Waals surface area contributed by atoms with Gasteiger partial charge in [0.2, 0.25) is 0 Å². The Kier molecular flexibility index (Phi) is 5.60. The molecule has 0 spiro atoms. The first kappa shape index (κ1) is 21.1. The number of esters is 1. The van der Waals surface area contributed by atoms with E-state index in [1.54, 1.807) is 17.0 Å². The molecular formula is C22H22F3N3O3. The van der Waals surface area contributed by atoms with Gasteiger partial charge in [-0.1, -0.05) is 18.2 Å². The molecule has 1 N–H and O–H groups in total. The molecule has 2 aromatic rings. The van der Waals surface area contributed by atoms with Crippen molar-refractivity contribution >= 4 is 17.7 Å². The maximum atomic E-state index is 13.4. The number of carbonyl (C=O) groups is 2. The highest BCUT2D eigenvalue weighted by Crippen LogP contribution is 2.48. The average Bonchev–Trinajstić information content (AvgIpc) is 3.32. The fourth-order valence-corrected chi connectivity index (χ4v) is 4.80. The van der Waals surface area contributed by atoms with E-state index in [4.69, 9.17) is 4.74 Å². The molecule has 1 aromatic heterocycles. The number of hydrogen-bond acceptors (Lipinski definition) is 4. The maximum Gasteiger partial charge on any atom is 0.416 e. The summed E-state index contributed by atoms with van der Waals surface area (Å²) in [4.78, 5) is 30.1. The van der Waals surface area contributed by atoms with Gasteiger partial charge in [0.05, 0.1) is 18.4 Å². The molecule has 0 radical (unpaired) electrons. The fourth-order valence-electron chi connectivity index (χ4n) is 4.80. The number of benzene rings is 1. The van der Waals surface area contributed by atoms with Crippen LogP contribution in [-0.2, 0) is 10.9 Å². The van der Waals surface area contributed by atoms with Crippen LogP contribution >= 0.6 is 0 Å². The Balaban J connectivity index is 1.42. The second-order valence-corrected chi connectivity index (χ2v) is 8.02. The lowest BCUT2D eigenvalue weighted by molar-refractivity contribution is -0.138. The zero-order valence-electron chi connectivity index (χ0n) is 16.9. The Hall–Kier alpha value is -3.10. The van der Waals surface area contributed by atoms with Crippen LogP contribution in [0.4, 0.5) is 23.7 Å². The van der Waals surface area contributed by atoms with Crippen LogP contribution in [0.1, 0.15) is 40.2 Å². The molecule has 2 amide bonds. The third kappa shape index (κ3) is 4.22. The number of nitrogens with zero attached hydrogens (tertiary/aromatic N) is 2. The molecule has 3 atom stereocenters. The lowest BCUT2D eigenvalue weighted by atomic mass is 9.91. The summed E-state index contributed by atoms with van der Waals surface area (Å²) in [6, 6.07) is 6.93. The SMILES string of the molecule is COC(=O)c1cnccc1NC(=O)N1C[C@H]2CC(c3ccccc3C(F)(F)F)C[C@H]2C1. The number of ether oxygens (including phenoxy) is 1. The molecule has 1 aromatic carbocycles. The van der Waals surface area contributed by atoms with Gasteiger partial charge in [0.25, 0.3) is 0 Å². The Morgan fingerprint density at radius 1 is 1.13 bits per heavy atom. The number of urea groups is 1. The monoisotopic (exact) mass is 433 g/mol. The van der Waals surface area contributed by atoms with Gasteiger partial charge in [-0.25, -0.2) is 9.59 Å². The second-order valence-electron chi connectivity index (χ2n) is 8.02. The highest BCUT2D eigenvalue weighted by molar-refractivity contribution is 6.00. The van der Waals surface area contributed by atoms with Crippen LogP contribution in [0.25, 0.3) is 0 Å². The largest absolute Gasteiger partial charge is 0.465 e.